The topological polar surface area (TPSA) is 95.6 Å². The third-order valence-electron chi connectivity index (χ3n) is 4.95. The van der Waals surface area contributed by atoms with Gasteiger partial charge in [-0.05, 0) is 31.5 Å². The molecule has 0 aliphatic carbocycles. The first-order chi connectivity index (χ1) is 14.3. The summed E-state index contributed by atoms with van der Waals surface area (Å²) in [6.45, 7) is 5.42. The van der Waals surface area contributed by atoms with Crippen LogP contribution in [0.4, 0.5) is 0 Å². The molecule has 0 aliphatic heterocycles. The fourth-order valence-corrected chi connectivity index (χ4v) is 4.23. The molecule has 154 valence electrons. The zero-order valence-corrected chi connectivity index (χ0v) is 18.1. The minimum absolute atomic E-state index is 0.0291. The first-order valence-corrected chi connectivity index (χ1v) is 11.2. The molecule has 0 saturated carbocycles. The van der Waals surface area contributed by atoms with Gasteiger partial charge in [-0.1, -0.05) is 36.8 Å². The van der Waals surface area contributed by atoms with E-state index in [0.29, 0.717) is 23.2 Å². The molecule has 0 spiro atoms. The van der Waals surface area contributed by atoms with Crippen LogP contribution in [0.15, 0.2) is 53.8 Å². The highest BCUT2D eigenvalue weighted by Crippen LogP contribution is 2.30. The molecule has 0 amide bonds. The maximum absolute atomic E-state index is 12.8. The van der Waals surface area contributed by atoms with Crippen LogP contribution in [-0.4, -0.2) is 43.5 Å². The standard InChI is InChI=1S/C21H22N6O2S/c1-5-30(28,29)18-10-11-19(27-13-23-15(3)25-27)24-20(18)21-22-12-17(26(21)4)16-8-6-14(2)7-9-16/h6-13H,5H2,1-4H3. The van der Waals surface area contributed by atoms with E-state index in [1.807, 2.05) is 42.8 Å². The molecular weight excluding hydrogens is 400 g/mol. The first kappa shape index (κ1) is 20.0. The Kier molecular flexibility index (Phi) is 4.98. The second-order valence-corrected chi connectivity index (χ2v) is 9.29. The van der Waals surface area contributed by atoms with Gasteiger partial charge < -0.3 is 4.57 Å². The SMILES string of the molecule is CCS(=O)(=O)c1ccc(-n2cnc(C)n2)nc1-c1ncc(-c2ccc(C)cc2)n1C. The fraction of sp³-hybridized carbons (Fsp3) is 0.238. The average Bonchev–Trinajstić information content (AvgIpc) is 3.34. The molecule has 3 heterocycles. The van der Waals surface area contributed by atoms with Gasteiger partial charge in [0.05, 0.1) is 22.5 Å². The minimum atomic E-state index is -3.51. The molecule has 3 aromatic heterocycles. The molecule has 0 fully saturated rings. The summed E-state index contributed by atoms with van der Waals surface area (Å²) in [4.78, 5) is 13.4. The van der Waals surface area contributed by atoms with Crippen molar-refractivity contribution in [2.75, 3.05) is 5.75 Å². The second-order valence-electron chi connectivity index (χ2n) is 7.05. The molecular formula is C21H22N6O2S. The zero-order chi connectivity index (χ0) is 21.5. The Bertz CT molecular complexity index is 1320. The number of hydrogen-bond donors (Lipinski definition) is 0. The van der Waals surface area contributed by atoms with Crippen molar-refractivity contribution >= 4 is 9.84 Å². The zero-order valence-electron chi connectivity index (χ0n) is 17.2. The molecule has 4 rings (SSSR count). The smallest absolute Gasteiger partial charge is 0.180 e. The Morgan fingerprint density at radius 2 is 1.73 bits per heavy atom. The summed E-state index contributed by atoms with van der Waals surface area (Å²) in [6.07, 6.45) is 3.28. The number of aromatic nitrogens is 6. The Labute approximate surface area is 175 Å². The van der Waals surface area contributed by atoms with E-state index in [2.05, 4.69) is 20.1 Å². The highest BCUT2D eigenvalue weighted by atomic mass is 32.2. The van der Waals surface area contributed by atoms with E-state index in [0.717, 1.165) is 16.8 Å². The number of aryl methyl sites for hydroxylation is 2. The maximum atomic E-state index is 12.8. The van der Waals surface area contributed by atoms with Gasteiger partial charge in [-0.15, -0.1) is 0 Å². The molecule has 0 bridgehead atoms. The van der Waals surface area contributed by atoms with Crippen LogP contribution in [0.3, 0.4) is 0 Å². The second kappa shape index (κ2) is 7.49. The van der Waals surface area contributed by atoms with E-state index in [1.54, 1.807) is 38.5 Å². The van der Waals surface area contributed by atoms with Crippen LogP contribution in [0.1, 0.15) is 18.3 Å². The highest BCUT2D eigenvalue weighted by Gasteiger charge is 2.24. The van der Waals surface area contributed by atoms with Crippen molar-refractivity contribution in [1.29, 1.82) is 0 Å². The summed E-state index contributed by atoms with van der Waals surface area (Å²) < 4.78 is 28.9. The van der Waals surface area contributed by atoms with Crippen LogP contribution < -0.4 is 0 Å². The molecule has 1 aromatic carbocycles. The third-order valence-corrected chi connectivity index (χ3v) is 6.71. The van der Waals surface area contributed by atoms with E-state index in [-0.39, 0.29) is 10.6 Å². The van der Waals surface area contributed by atoms with E-state index >= 15 is 0 Å². The van der Waals surface area contributed by atoms with Gasteiger partial charge in [0.15, 0.2) is 21.5 Å². The van der Waals surface area contributed by atoms with Crippen molar-refractivity contribution in [3.05, 3.63) is 60.3 Å². The number of pyridine rings is 1. The van der Waals surface area contributed by atoms with Crippen molar-refractivity contribution in [3.8, 4) is 28.6 Å². The van der Waals surface area contributed by atoms with Crippen molar-refractivity contribution in [2.24, 2.45) is 7.05 Å². The lowest BCUT2D eigenvalue weighted by molar-refractivity contribution is 0.597. The summed E-state index contributed by atoms with van der Waals surface area (Å²) in [5, 5.41) is 4.28. The quantitative estimate of drug-likeness (QED) is 0.490. The first-order valence-electron chi connectivity index (χ1n) is 9.51. The number of sulfone groups is 1. The predicted molar refractivity (Wildman–Crippen MR) is 114 cm³/mol. The summed E-state index contributed by atoms with van der Waals surface area (Å²) in [5.74, 6) is 1.51. The minimum Gasteiger partial charge on any atom is -0.326 e. The Morgan fingerprint density at radius 3 is 2.37 bits per heavy atom. The molecule has 9 heteroatoms. The van der Waals surface area contributed by atoms with Gasteiger partial charge in [-0.3, -0.25) is 0 Å². The Hall–Kier alpha value is -3.33. The third kappa shape index (κ3) is 3.52. The van der Waals surface area contributed by atoms with Crippen molar-refractivity contribution in [1.82, 2.24) is 29.3 Å². The van der Waals surface area contributed by atoms with Gasteiger partial charge in [0.1, 0.15) is 17.8 Å². The number of nitrogens with zero attached hydrogens (tertiary/aromatic N) is 6. The monoisotopic (exact) mass is 422 g/mol. The molecule has 0 unspecified atom stereocenters. The lowest BCUT2D eigenvalue weighted by Crippen LogP contribution is -2.11. The van der Waals surface area contributed by atoms with Crippen molar-refractivity contribution in [3.63, 3.8) is 0 Å². The lowest BCUT2D eigenvalue weighted by Gasteiger charge is -2.12. The highest BCUT2D eigenvalue weighted by molar-refractivity contribution is 7.91. The summed E-state index contributed by atoms with van der Waals surface area (Å²) in [5.41, 5.74) is 3.32. The largest absolute Gasteiger partial charge is 0.326 e. The molecule has 0 radical (unpaired) electrons. The van der Waals surface area contributed by atoms with E-state index in [1.165, 1.54) is 4.68 Å². The Morgan fingerprint density at radius 1 is 1.00 bits per heavy atom. The number of imidazole rings is 1. The van der Waals surface area contributed by atoms with E-state index < -0.39 is 9.84 Å². The fourth-order valence-electron chi connectivity index (χ4n) is 3.21. The number of benzene rings is 1. The van der Waals surface area contributed by atoms with Crippen LogP contribution in [0.25, 0.3) is 28.6 Å². The normalized spacial score (nSPS) is 11.7. The van der Waals surface area contributed by atoms with Gasteiger partial charge in [0.2, 0.25) is 0 Å². The molecule has 4 aromatic rings. The van der Waals surface area contributed by atoms with Crippen LogP contribution >= 0.6 is 0 Å². The van der Waals surface area contributed by atoms with E-state index in [4.69, 9.17) is 0 Å². The number of rotatable bonds is 5. The van der Waals surface area contributed by atoms with Crippen LogP contribution in [-0.2, 0) is 16.9 Å². The molecule has 0 atom stereocenters. The number of hydrogen-bond acceptors (Lipinski definition) is 6. The van der Waals surface area contributed by atoms with Crippen LogP contribution in [0.5, 0.6) is 0 Å². The maximum Gasteiger partial charge on any atom is 0.180 e. The van der Waals surface area contributed by atoms with Crippen LogP contribution in [0.2, 0.25) is 0 Å². The molecule has 0 saturated heterocycles. The molecule has 30 heavy (non-hydrogen) atoms. The van der Waals surface area contributed by atoms with Gasteiger partial charge in [0.25, 0.3) is 0 Å². The van der Waals surface area contributed by atoms with Crippen LogP contribution in [0, 0.1) is 13.8 Å². The Balaban J connectivity index is 1.91. The lowest BCUT2D eigenvalue weighted by atomic mass is 10.1. The summed E-state index contributed by atoms with van der Waals surface area (Å²) >= 11 is 0. The predicted octanol–water partition coefficient (Wildman–Crippen LogP) is 3.14. The van der Waals surface area contributed by atoms with Gasteiger partial charge in [-0.25, -0.2) is 28.1 Å². The summed E-state index contributed by atoms with van der Waals surface area (Å²) in [6, 6.07) is 11.3. The average molecular weight is 423 g/mol. The van der Waals surface area contributed by atoms with Gasteiger partial charge in [-0.2, -0.15) is 5.10 Å². The van der Waals surface area contributed by atoms with Crippen molar-refractivity contribution < 1.29 is 8.42 Å². The molecule has 0 N–H and O–H groups in total. The van der Waals surface area contributed by atoms with E-state index in [9.17, 15) is 8.42 Å². The van der Waals surface area contributed by atoms with Crippen molar-refractivity contribution in [2.45, 2.75) is 25.7 Å². The molecule has 0 aliphatic rings. The summed E-state index contributed by atoms with van der Waals surface area (Å²) in [7, 11) is -1.65. The molecule has 8 nitrogen and oxygen atoms in total. The van der Waals surface area contributed by atoms with Gasteiger partial charge in [0, 0.05) is 7.05 Å². The van der Waals surface area contributed by atoms with Gasteiger partial charge >= 0.3 is 0 Å².